The van der Waals surface area contributed by atoms with Gasteiger partial charge in [-0.15, -0.1) is 0 Å². The molecule has 0 amide bonds. The number of alkyl halides is 3. The normalized spacial score (nSPS) is 12.0. The van der Waals surface area contributed by atoms with Crippen LogP contribution in [0.5, 0.6) is 0 Å². The third kappa shape index (κ3) is 4.05. The van der Waals surface area contributed by atoms with Gasteiger partial charge in [-0.3, -0.25) is 0 Å². The highest BCUT2D eigenvalue weighted by atomic mass is 19.4. The van der Waals surface area contributed by atoms with Crippen LogP contribution in [-0.2, 0) is 6.18 Å². The van der Waals surface area contributed by atoms with Gasteiger partial charge in [-0.05, 0) is 84.6 Å². The largest absolute Gasteiger partial charge is 0.417 e. The van der Waals surface area contributed by atoms with Crippen LogP contribution in [0.4, 0.5) is 13.2 Å². The zero-order chi connectivity index (χ0) is 31.7. The number of para-hydroxylation sites is 2. The van der Waals surface area contributed by atoms with E-state index < -0.39 is 11.7 Å². The number of hydrogen-bond acceptors (Lipinski definition) is 1. The van der Waals surface area contributed by atoms with E-state index in [9.17, 15) is 5.26 Å². The molecule has 2 aromatic heterocycles. The van der Waals surface area contributed by atoms with Gasteiger partial charge in [-0.25, -0.2) is 0 Å². The SMILES string of the molecule is Cc1cccc2c1c1ccccc1n2-c1cc(-c2cccc(C#N)c2)c(C(F)(F)F)cc1-n1c2ccccc2c2c(C)cccc21. The summed E-state index contributed by atoms with van der Waals surface area (Å²) in [6.45, 7) is 4.09. The minimum atomic E-state index is -4.67. The van der Waals surface area contributed by atoms with Crippen LogP contribution < -0.4 is 0 Å². The number of benzene rings is 6. The summed E-state index contributed by atoms with van der Waals surface area (Å²) in [6, 6.07) is 39.3. The third-order valence-electron chi connectivity index (χ3n) is 9.02. The Morgan fingerprint density at radius 2 is 1.07 bits per heavy atom. The van der Waals surface area contributed by atoms with E-state index in [-0.39, 0.29) is 5.56 Å². The van der Waals surface area contributed by atoms with Crippen LogP contribution in [0.2, 0.25) is 0 Å². The number of aryl methyl sites for hydroxylation is 2. The summed E-state index contributed by atoms with van der Waals surface area (Å²) in [5.74, 6) is 0. The zero-order valence-corrected chi connectivity index (χ0v) is 25.0. The molecule has 46 heavy (non-hydrogen) atoms. The fourth-order valence-electron chi connectivity index (χ4n) is 7.08. The van der Waals surface area contributed by atoms with Crippen LogP contribution in [0.3, 0.4) is 0 Å². The van der Waals surface area contributed by atoms with Crippen molar-refractivity contribution in [2.75, 3.05) is 0 Å². The van der Waals surface area contributed by atoms with Gasteiger partial charge in [0.25, 0.3) is 0 Å². The first-order chi connectivity index (χ1) is 22.3. The molecule has 0 radical (unpaired) electrons. The molecule has 6 heteroatoms. The van der Waals surface area contributed by atoms with Crippen molar-refractivity contribution >= 4 is 43.6 Å². The number of fused-ring (bicyclic) bond motifs is 6. The molecule has 0 bridgehead atoms. The molecule has 8 aromatic rings. The van der Waals surface area contributed by atoms with Gasteiger partial charge in [0.2, 0.25) is 0 Å². The van der Waals surface area contributed by atoms with Gasteiger partial charge in [-0.2, -0.15) is 18.4 Å². The van der Waals surface area contributed by atoms with E-state index in [0.29, 0.717) is 22.5 Å². The number of nitrogens with zero attached hydrogens (tertiary/aromatic N) is 3. The lowest BCUT2D eigenvalue weighted by molar-refractivity contribution is -0.137. The molecule has 0 aliphatic heterocycles. The molecule has 0 saturated heterocycles. The maximum Gasteiger partial charge on any atom is 0.417 e. The van der Waals surface area contributed by atoms with Crippen molar-refractivity contribution in [3.05, 3.63) is 144 Å². The third-order valence-corrected chi connectivity index (χ3v) is 9.02. The van der Waals surface area contributed by atoms with E-state index in [0.717, 1.165) is 54.7 Å². The lowest BCUT2D eigenvalue weighted by Gasteiger charge is -2.22. The standard InChI is InChI=1S/C40H26F3N3/c1-24-10-7-18-34-38(24)28-14-3-5-16-32(28)45(34)36-21-30(27-13-9-12-26(20-27)23-44)31(40(41,42)43)22-37(36)46-33-17-6-4-15-29(33)39-25(2)11-8-19-35(39)46/h3-22H,1-2H3. The summed E-state index contributed by atoms with van der Waals surface area (Å²) >= 11 is 0. The van der Waals surface area contributed by atoms with E-state index in [4.69, 9.17) is 0 Å². The predicted octanol–water partition coefficient (Wildman–Crippen LogP) is 11.1. The first-order valence-corrected chi connectivity index (χ1v) is 15.0. The van der Waals surface area contributed by atoms with Crippen molar-refractivity contribution in [2.24, 2.45) is 0 Å². The fraction of sp³-hybridized carbons (Fsp3) is 0.0750. The average molecular weight is 606 g/mol. The Morgan fingerprint density at radius 3 is 1.61 bits per heavy atom. The van der Waals surface area contributed by atoms with Crippen molar-refractivity contribution in [1.29, 1.82) is 5.26 Å². The number of aromatic nitrogens is 2. The fourth-order valence-corrected chi connectivity index (χ4v) is 7.08. The Morgan fingerprint density at radius 1 is 0.565 bits per heavy atom. The topological polar surface area (TPSA) is 33.6 Å². The summed E-state index contributed by atoms with van der Waals surface area (Å²) in [4.78, 5) is 0. The average Bonchev–Trinajstić information content (AvgIpc) is 3.58. The minimum absolute atomic E-state index is 0.0129. The van der Waals surface area contributed by atoms with E-state index in [1.807, 2.05) is 84.3 Å². The van der Waals surface area contributed by atoms with E-state index in [1.54, 1.807) is 24.3 Å². The Labute approximate surface area is 263 Å². The molecular weight excluding hydrogens is 579 g/mol. The predicted molar refractivity (Wildman–Crippen MR) is 180 cm³/mol. The molecule has 0 saturated carbocycles. The van der Waals surface area contributed by atoms with Crippen molar-refractivity contribution in [2.45, 2.75) is 20.0 Å². The maximum atomic E-state index is 15.2. The van der Waals surface area contributed by atoms with Crippen LogP contribution in [0, 0.1) is 25.2 Å². The first-order valence-electron chi connectivity index (χ1n) is 15.0. The molecule has 3 nitrogen and oxygen atoms in total. The summed E-state index contributed by atoms with van der Waals surface area (Å²) in [5.41, 5.74) is 6.44. The Balaban J connectivity index is 1.62. The van der Waals surface area contributed by atoms with Crippen LogP contribution in [0.15, 0.2) is 121 Å². The lowest BCUT2D eigenvalue weighted by Crippen LogP contribution is -2.12. The minimum Gasteiger partial charge on any atom is -0.307 e. The van der Waals surface area contributed by atoms with Crippen molar-refractivity contribution in [3.63, 3.8) is 0 Å². The lowest BCUT2D eigenvalue weighted by atomic mass is 9.95. The van der Waals surface area contributed by atoms with E-state index in [1.165, 1.54) is 12.1 Å². The first kappa shape index (κ1) is 27.7. The van der Waals surface area contributed by atoms with Gasteiger partial charge in [0, 0.05) is 21.5 Å². The van der Waals surface area contributed by atoms with Gasteiger partial charge >= 0.3 is 6.18 Å². The number of hydrogen-bond donors (Lipinski definition) is 0. The van der Waals surface area contributed by atoms with Gasteiger partial charge < -0.3 is 9.13 Å². The molecule has 2 heterocycles. The molecule has 222 valence electrons. The zero-order valence-electron chi connectivity index (χ0n) is 25.0. The summed E-state index contributed by atoms with van der Waals surface area (Å²) < 4.78 is 49.6. The molecule has 0 aliphatic rings. The summed E-state index contributed by atoms with van der Waals surface area (Å²) in [6.07, 6.45) is -4.67. The molecule has 8 rings (SSSR count). The summed E-state index contributed by atoms with van der Waals surface area (Å²) in [7, 11) is 0. The van der Waals surface area contributed by atoms with Crippen LogP contribution in [-0.4, -0.2) is 9.13 Å². The van der Waals surface area contributed by atoms with Crippen LogP contribution in [0.1, 0.15) is 22.3 Å². The van der Waals surface area contributed by atoms with Crippen molar-refractivity contribution in [3.8, 4) is 28.6 Å². The maximum absolute atomic E-state index is 15.2. The van der Waals surface area contributed by atoms with E-state index >= 15 is 13.2 Å². The van der Waals surface area contributed by atoms with Crippen molar-refractivity contribution in [1.82, 2.24) is 9.13 Å². The quantitative estimate of drug-likeness (QED) is 0.197. The molecule has 0 atom stereocenters. The van der Waals surface area contributed by atoms with Gasteiger partial charge in [0.1, 0.15) is 0 Å². The molecule has 0 fully saturated rings. The van der Waals surface area contributed by atoms with Crippen LogP contribution in [0.25, 0.3) is 66.1 Å². The number of halogens is 3. The van der Waals surface area contributed by atoms with E-state index in [2.05, 4.69) is 29.7 Å². The highest BCUT2D eigenvalue weighted by Crippen LogP contribution is 2.45. The molecule has 6 aromatic carbocycles. The van der Waals surface area contributed by atoms with Gasteiger partial charge in [-0.1, -0.05) is 72.8 Å². The monoisotopic (exact) mass is 605 g/mol. The molecular formula is C40H26F3N3. The second-order valence-corrected chi connectivity index (χ2v) is 11.7. The molecule has 0 N–H and O–H groups in total. The Bertz CT molecular complexity index is 2560. The second kappa shape index (κ2) is 10.1. The smallest absolute Gasteiger partial charge is 0.307 e. The summed E-state index contributed by atoms with van der Waals surface area (Å²) in [5, 5.41) is 13.7. The second-order valence-electron chi connectivity index (χ2n) is 11.7. The van der Waals surface area contributed by atoms with Gasteiger partial charge in [0.05, 0.1) is 50.6 Å². The molecule has 0 aliphatic carbocycles. The Hall–Kier alpha value is -5.80. The van der Waals surface area contributed by atoms with Crippen molar-refractivity contribution < 1.29 is 13.2 Å². The molecule has 0 spiro atoms. The Kier molecular flexibility index (Phi) is 6.10. The van der Waals surface area contributed by atoms with Gasteiger partial charge in [0.15, 0.2) is 0 Å². The molecule has 0 unspecified atom stereocenters. The number of rotatable bonds is 3. The highest BCUT2D eigenvalue weighted by molar-refractivity contribution is 6.13. The number of nitriles is 1. The van der Waals surface area contributed by atoms with Crippen LogP contribution >= 0.6 is 0 Å². The highest BCUT2D eigenvalue weighted by Gasteiger charge is 2.36.